The molecule has 0 radical (unpaired) electrons. The molecule has 4 aromatic rings. The van der Waals surface area contributed by atoms with Gasteiger partial charge in [0.25, 0.3) is 5.91 Å². The molecule has 1 aromatic carbocycles. The van der Waals surface area contributed by atoms with Crippen LogP contribution in [0.3, 0.4) is 0 Å². The van der Waals surface area contributed by atoms with Crippen molar-refractivity contribution in [1.29, 1.82) is 0 Å². The van der Waals surface area contributed by atoms with Crippen molar-refractivity contribution in [2.45, 2.75) is 26.8 Å². The van der Waals surface area contributed by atoms with Crippen molar-refractivity contribution in [2.24, 2.45) is 7.05 Å². The lowest BCUT2D eigenvalue weighted by Gasteiger charge is -2.27. The Labute approximate surface area is 189 Å². The number of carbonyl (C=O) groups excluding carboxylic acids is 2. The summed E-state index contributed by atoms with van der Waals surface area (Å²) in [7, 11) is 1.88. The molecule has 0 aliphatic carbocycles. The van der Waals surface area contributed by atoms with Gasteiger partial charge >= 0.3 is 0 Å². The number of fused-ring (bicyclic) bond motifs is 2. The zero-order chi connectivity index (χ0) is 22.7. The lowest BCUT2D eigenvalue weighted by atomic mass is 10.0. The lowest BCUT2D eigenvalue weighted by molar-refractivity contribution is -0.114. The van der Waals surface area contributed by atoms with Crippen LogP contribution in [0.1, 0.15) is 46.0 Å². The van der Waals surface area contributed by atoms with E-state index < -0.39 is 6.04 Å². The maximum atomic E-state index is 13.8. The van der Waals surface area contributed by atoms with Gasteiger partial charge in [0.15, 0.2) is 5.65 Å². The highest BCUT2D eigenvalue weighted by Gasteiger charge is 2.43. The number of benzene rings is 1. The summed E-state index contributed by atoms with van der Waals surface area (Å²) in [5, 5.41) is 11.8. The van der Waals surface area contributed by atoms with Gasteiger partial charge < -0.3 is 9.88 Å². The zero-order valence-electron chi connectivity index (χ0n) is 18.0. The fourth-order valence-electron chi connectivity index (χ4n) is 4.44. The SMILES string of the molecule is CC(=O)Nc1cn(C)c2c1C(=O)N(c1cc(C)c3nnc(C)n3c1)[C@H]2c1ccc(Cl)cc1. The van der Waals surface area contributed by atoms with Gasteiger partial charge in [-0.1, -0.05) is 23.7 Å². The molecule has 9 heteroatoms. The smallest absolute Gasteiger partial charge is 0.263 e. The maximum Gasteiger partial charge on any atom is 0.263 e. The van der Waals surface area contributed by atoms with Crippen molar-refractivity contribution in [2.75, 3.05) is 10.2 Å². The molecule has 1 N–H and O–H groups in total. The Hall–Kier alpha value is -3.65. The predicted octanol–water partition coefficient (Wildman–Crippen LogP) is 4.05. The molecule has 0 saturated carbocycles. The largest absolute Gasteiger partial charge is 0.350 e. The summed E-state index contributed by atoms with van der Waals surface area (Å²) in [4.78, 5) is 27.4. The lowest BCUT2D eigenvalue weighted by Crippen LogP contribution is -2.30. The Kier molecular flexibility index (Phi) is 4.56. The number of nitrogens with zero attached hydrogens (tertiary/aromatic N) is 5. The summed E-state index contributed by atoms with van der Waals surface area (Å²) in [6.07, 6.45) is 3.66. The molecule has 1 aliphatic rings. The molecule has 32 heavy (non-hydrogen) atoms. The topological polar surface area (TPSA) is 84.5 Å². The highest BCUT2D eigenvalue weighted by atomic mass is 35.5. The molecule has 162 valence electrons. The van der Waals surface area contributed by atoms with Crippen LogP contribution in [0.5, 0.6) is 0 Å². The number of hydrogen-bond acceptors (Lipinski definition) is 4. The summed E-state index contributed by atoms with van der Waals surface area (Å²) in [6.45, 7) is 5.25. The Bertz CT molecular complexity index is 1400. The van der Waals surface area contributed by atoms with E-state index in [0.29, 0.717) is 22.0 Å². The van der Waals surface area contributed by atoms with Crippen LogP contribution in [0.4, 0.5) is 11.4 Å². The van der Waals surface area contributed by atoms with Crippen LogP contribution in [0.15, 0.2) is 42.7 Å². The molecule has 1 atom stereocenters. The highest BCUT2D eigenvalue weighted by molar-refractivity contribution is 6.30. The van der Waals surface area contributed by atoms with Crippen molar-refractivity contribution in [3.63, 3.8) is 0 Å². The number of aryl methyl sites for hydroxylation is 3. The van der Waals surface area contributed by atoms with E-state index in [-0.39, 0.29) is 11.8 Å². The van der Waals surface area contributed by atoms with Crippen molar-refractivity contribution < 1.29 is 9.59 Å². The van der Waals surface area contributed by atoms with Crippen molar-refractivity contribution in [1.82, 2.24) is 19.2 Å². The van der Waals surface area contributed by atoms with E-state index in [4.69, 9.17) is 11.6 Å². The molecule has 2 amide bonds. The van der Waals surface area contributed by atoms with Crippen molar-refractivity contribution >= 4 is 40.4 Å². The molecule has 0 bridgehead atoms. The Morgan fingerprint density at radius 1 is 1.12 bits per heavy atom. The molecule has 5 rings (SSSR count). The number of carbonyl (C=O) groups is 2. The molecule has 0 saturated heterocycles. The molecular formula is C23H21ClN6O2. The number of halogens is 1. The minimum absolute atomic E-state index is 0.186. The average molecular weight is 449 g/mol. The third-order valence-electron chi connectivity index (χ3n) is 5.80. The van der Waals surface area contributed by atoms with E-state index in [2.05, 4.69) is 15.5 Å². The van der Waals surface area contributed by atoms with E-state index in [1.807, 2.05) is 66.4 Å². The first-order valence-corrected chi connectivity index (χ1v) is 10.5. The third-order valence-corrected chi connectivity index (χ3v) is 6.05. The van der Waals surface area contributed by atoms with Gasteiger partial charge in [-0.2, -0.15) is 0 Å². The Morgan fingerprint density at radius 3 is 2.53 bits per heavy atom. The van der Waals surface area contributed by atoms with Gasteiger partial charge in [0.1, 0.15) is 11.9 Å². The summed E-state index contributed by atoms with van der Waals surface area (Å²) >= 11 is 6.13. The zero-order valence-corrected chi connectivity index (χ0v) is 18.8. The van der Waals surface area contributed by atoms with E-state index >= 15 is 0 Å². The molecule has 0 spiro atoms. The number of aromatic nitrogens is 4. The fourth-order valence-corrected chi connectivity index (χ4v) is 4.57. The summed E-state index contributed by atoms with van der Waals surface area (Å²) in [6, 6.07) is 9.01. The minimum Gasteiger partial charge on any atom is -0.350 e. The number of nitrogens with one attached hydrogen (secondary N) is 1. The van der Waals surface area contributed by atoms with E-state index in [1.165, 1.54) is 6.92 Å². The van der Waals surface area contributed by atoms with Gasteiger partial charge in [0.2, 0.25) is 5.91 Å². The van der Waals surface area contributed by atoms with Gasteiger partial charge in [-0.3, -0.25) is 18.9 Å². The monoisotopic (exact) mass is 448 g/mol. The van der Waals surface area contributed by atoms with E-state index in [1.54, 1.807) is 11.1 Å². The normalized spacial score (nSPS) is 15.5. The molecule has 0 unspecified atom stereocenters. The molecule has 8 nitrogen and oxygen atoms in total. The summed E-state index contributed by atoms with van der Waals surface area (Å²) in [5.41, 5.74) is 5.07. The first-order valence-electron chi connectivity index (χ1n) is 10.1. The van der Waals surface area contributed by atoms with Gasteiger partial charge in [-0.25, -0.2) is 0 Å². The number of anilines is 2. The van der Waals surface area contributed by atoms with Gasteiger partial charge in [-0.15, -0.1) is 10.2 Å². The second-order valence-corrected chi connectivity index (χ2v) is 8.48. The minimum atomic E-state index is -0.393. The van der Waals surface area contributed by atoms with Crippen LogP contribution in [0, 0.1) is 13.8 Å². The quantitative estimate of drug-likeness (QED) is 0.512. The standard InChI is InChI=1S/C23H21ClN6O2/c1-12-9-17(10-29-13(2)26-27-22(12)29)30-20(15-5-7-16(24)8-6-15)21-19(23(30)32)18(11-28(21)4)25-14(3)31/h5-11,20H,1-4H3,(H,25,31)/t20-/m0/s1. The van der Waals surface area contributed by atoms with E-state index in [9.17, 15) is 9.59 Å². The highest BCUT2D eigenvalue weighted by Crippen LogP contribution is 2.45. The van der Waals surface area contributed by atoms with Crippen LogP contribution in [-0.2, 0) is 11.8 Å². The molecular weight excluding hydrogens is 428 g/mol. The predicted molar refractivity (Wildman–Crippen MR) is 122 cm³/mol. The summed E-state index contributed by atoms with van der Waals surface area (Å²) < 4.78 is 3.78. The number of hydrogen-bond donors (Lipinski definition) is 1. The average Bonchev–Trinajstić information content (AvgIpc) is 3.36. The van der Waals surface area contributed by atoms with Gasteiger partial charge in [0, 0.05) is 31.4 Å². The Balaban J connectivity index is 1.75. The van der Waals surface area contributed by atoms with Crippen LogP contribution in [-0.4, -0.2) is 31.0 Å². The molecule has 1 aliphatic heterocycles. The number of rotatable bonds is 3. The number of pyridine rings is 1. The second-order valence-electron chi connectivity index (χ2n) is 8.05. The van der Waals surface area contributed by atoms with Gasteiger partial charge in [-0.05, 0) is 43.2 Å². The van der Waals surface area contributed by atoms with Crippen LogP contribution in [0.25, 0.3) is 5.65 Å². The van der Waals surface area contributed by atoms with E-state index in [0.717, 1.165) is 28.3 Å². The second kappa shape index (κ2) is 7.20. The molecule has 3 aromatic heterocycles. The first-order chi connectivity index (χ1) is 15.3. The molecule has 4 heterocycles. The maximum absolute atomic E-state index is 13.8. The van der Waals surface area contributed by atoms with Crippen LogP contribution in [0.2, 0.25) is 5.02 Å². The molecule has 0 fully saturated rings. The van der Waals surface area contributed by atoms with Gasteiger partial charge in [0.05, 0.1) is 22.6 Å². The van der Waals surface area contributed by atoms with Crippen LogP contribution >= 0.6 is 11.6 Å². The van der Waals surface area contributed by atoms with Crippen molar-refractivity contribution in [3.05, 3.63) is 76.0 Å². The Morgan fingerprint density at radius 2 is 1.84 bits per heavy atom. The number of amides is 2. The van der Waals surface area contributed by atoms with Crippen molar-refractivity contribution in [3.8, 4) is 0 Å². The fraction of sp³-hybridized carbons (Fsp3) is 0.217. The van der Waals surface area contributed by atoms with Crippen LogP contribution < -0.4 is 10.2 Å². The first kappa shape index (κ1) is 20.3. The summed E-state index contributed by atoms with van der Waals surface area (Å²) in [5.74, 6) is 0.315. The third kappa shape index (κ3) is 2.98.